The summed E-state index contributed by atoms with van der Waals surface area (Å²) in [5.41, 5.74) is 0.650. The van der Waals surface area contributed by atoms with Crippen molar-refractivity contribution in [3.05, 3.63) is 53.3 Å². The summed E-state index contributed by atoms with van der Waals surface area (Å²) in [7, 11) is -3.36. The van der Waals surface area contributed by atoms with Gasteiger partial charge in [-0.05, 0) is 30.3 Å². The molecule has 1 aromatic carbocycles. The quantitative estimate of drug-likeness (QED) is 0.944. The Hall–Kier alpha value is -1.92. The molecule has 104 valence electrons. The molecule has 0 radical (unpaired) electrons. The topological polar surface area (TPSA) is 76.1 Å². The summed E-state index contributed by atoms with van der Waals surface area (Å²) >= 11 is 5.96. The van der Waals surface area contributed by atoms with Crippen LogP contribution >= 0.6 is 11.6 Å². The molecule has 0 bridgehead atoms. The van der Waals surface area contributed by atoms with Gasteiger partial charge in [-0.3, -0.25) is 9.78 Å². The second-order valence-corrected chi connectivity index (χ2v) is 6.53. The Morgan fingerprint density at radius 1 is 1.20 bits per heavy atom. The van der Waals surface area contributed by atoms with E-state index in [2.05, 4.69) is 10.3 Å². The molecule has 0 unspecified atom stereocenters. The summed E-state index contributed by atoms with van der Waals surface area (Å²) < 4.78 is 23.0. The van der Waals surface area contributed by atoms with Gasteiger partial charge in [-0.25, -0.2) is 8.42 Å². The minimum atomic E-state index is -3.36. The number of carbonyl (C=O) groups is 1. The van der Waals surface area contributed by atoms with Crippen molar-refractivity contribution in [1.29, 1.82) is 0 Å². The standard InChI is InChI=1S/C13H11ClN2O3S/c1-20(18,19)10-2-3-11(14)12(8-10)16-13(17)9-4-6-15-7-5-9/h2-8H,1H3,(H,16,17). The van der Waals surface area contributed by atoms with Gasteiger partial charge in [0.05, 0.1) is 15.6 Å². The fraction of sp³-hybridized carbons (Fsp3) is 0.0769. The summed E-state index contributed by atoms with van der Waals surface area (Å²) in [6, 6.07) is 7.24. The van der Waals surface area contributed by atoms with Crippen LogP contribution < -0.4 is 5.32 Å². The molecule has 0 spiro atoms. The normalized spacial score (nSPS) is 11.1. The molecule has 5 nitrogen and oxygen atoms in total. The number of carbonyl (C=O) groups excluding carboxylic acids is 1. The Labute approximate surface area is 121 Å². The number of hydrogen-bond donors (Lipinski definition) is 1. The van der Waals surface area contributed by atoms with Gasteiger partial charge in [-0.1, -0.05) is 11.6 Å². The van der Waals surface area contributed by atoms with E-state index in [1.807, 2.05) is 0 Å². The summed E-state index contributed by atoms with van der Waals surface area (Å²) in [5.74, 6) is -0.389. The number of nitrogens with zero attached hydrogens (tertiary/aromatic N) is 1. The average Bonchev–Trinajstić information content (AvgIpc) is 2.41. The maximum atomic E-state index is 12.0. The zero-order valence-corrected chi connectivity index (χ0v) is 12.1. The zero-order chi connectivity index (χ0) is 14.8. The first kappa shape index (κ1) is 14.5. The molecular formula is C13H11ClN2O3S. The molecule has 0 saturated heterocycles. The first-order chi connectivity index (χ1) is 9.38. The fourth-order valence-electron chi connectivity index (χ4n) is 1.53. The monoisotopic (exact) mass is 310 g/mol. The van der Waals surface area contributed by atoms with Crippen LogP contribution in [0.5, 0.6) is 0 Å². The lowest BCUT2D eigenvalue weighted by molar-refractivity contribution is 0.102. The minimum absolute atomic E-state index is 0.0897. The summed E-state index contributed by atoms with van der Waals surface area (Å²) in [6.45, 7) is 0. The van der Waals surface area contributed by atoms with Crippen molar-refractivity contribution in [2.75, 3.05) is 11.6 Å². The molecule has 1 N–H and O–H groups in total. The second kappa shape index (κ2) is 5.60. The predicted octanol–water partition coefficient (Wildman–Crippen LogP) is 2.39. The van der Waals surface area contributed by atoms with Gasteiger partial charge in [0.1, 0.15) is 0 Å². The van der Waals surface area contributed by atoms with Crippen molar-refractivity contribution in [1.82, 2.24) is 4.98 Å². The lowest BCUT2D eigenvalue weighted by Crippen LogP contribution is -2.12. The number of benzene rings is 1. The highest BCUT2D eigenvalue weighted by atomic mass is 35.5. The zero-order valence-electron chi connectivity index (χ0n) is 10.5. The number of sulfone groups is 1. The van der Waals surface area contributed by atoms with Gasteiger partial charge < -0.3 is 5.32 Å². The highest BCUT2D eigenvalue weighted by molar-refractivity contribution is 7.90. The Kier molecular flexibility index (Phi) is 4.06. The first-order valence-corrected chi connectivity index (χ1v) is 7.86. The molecule has 1 amide bonds. The molecule has 1 aromatic heterocycles. The number of halogens is 1. The Morgan fingerprint density at radius 2 is 1.85 bits per heavy atom. The highest BCUT2D eigenvalue weighted by Gasteiger charge is 2.13. The van der Waals surface area contributed by atoms with E-state index < -0.39 is 9.84 Å². The van der Waals surface area contributed by atoms with E-state index in [0.717, 1.165) is 6.26 Å². The van der Waals surface area contributed by atoms with Gasteiger partial charge in [0.15, 0.2) is 9.84 Å². The maximum absolute atomic E-state index is 12.0. The van der Waals surface area contributed by atoms with Crippen LogP contribution in [0.4, 0.5) is 5.69 Å². The Morgan fingerprint density at radius 3 is 2.45 bits per heavy atom. The van der Waals surface area contributed by atoms with Crippen molar-refractivity contribution in [2.45, 2.75) is 4.90 Å². The van der Waals surface area contributed by atoms with Crippen LogP contribution in [0.25, 0.3) is 0 Å². The third kappa shape index (κ3) is 3.34. The van der Waals surface area contributed by atoms with E-state index in [9.17, 15) is 13.2 Å². The van der Waals surface area contributed by atoms with E-state index >= 15 is 0 Å². The molecule has 0 atom stereocenters. The molecule has 0 aliphatic carbocycles. The van der Waals surface area contributed by atoms with Crippen LogP contribution in [0.3, 0.4) is 0 Å². The molecule has 0 aliphatic rings. The van der Waals surface area contributed by atoms with Crippen molar-refractivity contribution in [3.63, 3.8) is 0 Å². The Balaban J connectivity index is 2.32. The van der Waals surface area contributed by atoms with Crippen LogP contribution in [0.1, 0.15) is 10.4 Å². The number of anilines is 1. The van der Waals surface area contributed by atoms with Crippen LogP contribution in [-0.2, 0) is 9.84 Å². The molecule has 0 saturated carbocycles. The van der Waals surface area contributed by atoms with Crippen molar-refractivity contribution < 1.29 is 13.2 Å². The lowest BCUT2D eigenvalue weighted by atomic mass is 10.2. The number of aromatic nitrogens is 1. The van der Waals surface area contributed by atoms with Gasteiger partial charge in [0, 0.05) is 24.2 Å². The Bertz CT molecular complexity index is 745. The van der Waals surface area contributed by atoms with Crippen LogP contribution in [0.2, 0.25) is 5.02 Å². The van der Waals surface area contributed by atoms with E-state index in [4.69, 9.17) is 11.6 Å². The molecule has 0 aliphatic heterocycles. The van der Waals surface area contributed by atoms with Gasteiger partial charge in [0.2, 0.25) is 0 Å². The third-order valence-corrected chi connectivity index (χ3v) is 4.00. The lowest BCUT2D eigenvalue weighted by Gasteiger charge is -2.08. The summed E-state index contributed by atoms with van der Waals surface area (Å²) in [6.07, 6.45) is 4.07. The minimum Gasteiger partial charge on any atom is -0.321 e. The summed E-state index contributed by atoms with van der Waals surface area (Å²) in [4.78, 5) is 15.9. The number of rotatable bonds is 3. The molecule has 1 heterocycles. The molecule has 2 rings (SSSR count). The third-order valence-electron chi connectivity index (χ3n) is 2.56. The average molecular weight is 311 g/mol. The van der Waals surface area contributed by atoms with E-state index in [1.54, 1.807) is 12.1 Å². The molecule has 7 heteroatoms. The summed E-state index contributed by atoms with van der Waals surface area (Å²) in [5, 5.41) is 2.84. The van der Waals surface area contributed by atoms with E-state index in [-0.39, 0.29) is 21.5 Å². The van der Waals surface area contributed by atoms with Crippen molar-refractivity contribution >= 4 is 33.0 Å². The number of nitrogens with one attached hydrogen (secondary N) is 1. The molecule has 0 fully saturated rings. The molecule has 20 heavy (non-hydrogen) atoms. The fourth-order valence-corrected chi connectivity index (χ4v) is 2.34. The SMILES string of the molecule is CS(=O)(=O)c1ccc(Cl)c(NC(=O)c2ccncc2)c1. The molecular weight excluding hydrogens is 300 g/mol. The van der Waals surface area contributed by atoms with E-state index in [1.165, 1.54) is 30.6 Å². The second-order valence-electron chi connectivity index (χ2n) is 4.10. The van der Waals surface area contributed by atoms with Crippen LogP contribution in [0, 0.1) is 0 Å². The maximum Gasteiger partial charge on any atom is 0.255 e. The number of amides is 1. The van der Waals surface area contributed by atoms with Gasteiger partial charge in [0.25, 0.3) is 5.91 Å². The first-order valence-electron chi connectivity index (χ1n) is 5.59. The van der Waals surface area contributed by atoms with Crippen molar-refractivity contribution in [2.24, 2.45) is 0 Å². The van der Waals surface area contributed by atoms with Gasteiger partial charge in [-0.2, -0.15) is 0 Å². The highest BCUT2D eigenvalue weighted by Crippen LogP contribution is 2.25. The molecule has 2 aromatic rings. The van der Waals surface area contributed by atoms with E-state index in [0.29, 0.717) is 5.56 Å². The van der Waals surface area contributed by atoms with Crippen LogP contribution in [0.15, 0.2) is 47.6 Å². The van der Waals surface area contributed by atoms with Crippen molar-refractivity contribution in [3.8, 4) is 0 Å². The van der Waals surface area contributed by atoms with Crippen LogP contribution in [-0.4, -0.2) is 25.6 Å². The smallest absolute Gasteiger partial charge is 0.255 e. The predicted molar refractivity (Wildman–Crippen MR) is 76.8 cm³/mol. The number of hydrogen-bond acceptors (Lipinski definition) is 4. The van der Waals surface area contributed by atoms with Gasteiger partial charge >= 0.3 is 0 Å². The largest absolute Gasteiger partial charge is 0.321 e. The van der Waals surface area contributed by atoms with Gasteiger partial charge in [-0.15, -0.1) is 0 Å². The number of pyridine rings is 1.